The summed E-state index contributed by atoms with van der Waals surface area (Å²) < 4.78 is 0. The molecule has 2 rings (SSSR count). The molecule has 0 spiro atoms. The van der Waals surface area contributed by atoms with E-state index in [0.717, 1.165) is 17.7 Å². The number of carbonyl (C=O) groups is 1. The van der Waals surface area contributed by atoms with Crippen LogP contribution in [-0.4, -0.2) is 11.6 Å². The van der Waals surface area contributed by atoms with Crippen molar-refractivity contribution in [3.63, 3.8) is 0 Å². The van der Waals surface area contributed by atoms with E-state index in [2.05, 4.69) is 29.6 Å². The minimum absolute atomic E-state index is 0.315. The van der Waals surface area contributed by atoms with Gasteiger partial charge in [-0.1, -0.05) is 54.9 Å². The zero-order valence-corrected chi connectivity index (χ0v) is 12.8. The van der Waals surface area contributed by atoms with E-state index in [1.165, 1.54) is 5.56 Å². The van der Waals surface area contributed by atoms with Gasteiger partial charge in [0.25, 0.3) is 5.91 Å². The van der Waals surface area contributed by atoms with E-state index in [9.17, 15) is 4.79 Å². The van der Waals surface area contributed by atoms with Crippen molar-refractivity contribution >= 4 is 23.2 Å². The summed E-state index contributed by atoms with van der Waals surface area (Å²) in [6, 6.07) is 15.0. The third-order valence-electron chi connectivity index (χ3n) is 3.22. The Morgan fingerprint density at radius 1 is 1.14 bits per heavy atom. The maximum Gasteiger partial charge on any atom is 0.272 e. The Morgan fingerprint density at radius 2 is 1.81 bits per heavy atom. The first-order chi connectivity index (χ1) is 10.1. The third-order valence-corrected chi connectivity index (χ3v) is 3.55. The molecular weight excluding hydrogens is 284 g/mol. The van der Waals surface area contributed by atoms with Crippen LogP contribution in [0.1, 0.15) is 35.3 Å². The minimum atomic E-state index is -0.315. The molecule has 3 nitrogen and oxygen atoms in total. The monoisotopic (exact) mass is 300 g/mol. The van der Waals surface area contributed by atoms with E-state index in [1.54, 1.807) is 24.3 Å². The highest BCUT2D eigenvalue weighted by Gasteiger charge is 2.08. The Balaban J connectivity index is 2.09. The second-order valence-electron chi connectivity index (χ2n) is 4.67. The fourth-order valence-electron chi connectivity index (χ4n) is 1.89. The first kappa shape index (κ1) is 15.3. The fourth-order valence-corrected chi connectivity index (χ4v) is 2.11. The molecule has 0 unspecified atom stereocenters. The van der Waals surface area contributed by atoms with Crippen molar-refractivity contribution in [1.29, 1.82) is 0 Å². The summed E-state index contributed by atoms with van der Waals surface area (Å²) >= 11 is 5.98. The molecule has 0 saturated carbocycles. The molecule has 0 aliphatic heterocycles. The lowest BCUT2D eigenvalue weighted by atomic mass is 10.1. The van der Waals surface area contributed by atoms with Gasteiger partial charge in [-0.15, -0.1) is 0 Å². The second kappa shape index (κ2) is 7.04. The maximum absolute atomic E-state index is 12.0. The normalized spacial score (nSPS) is 11.3. The number of benzene rings is 2. The number of amides is 1. The zero-order chi connectivity index (χ0) is 15.2. The van der Waals surface area contributed by atoms with Crippen LogP contribution < -0.4 is 5.43 Å². The van der Waals surface area contributed by atoms with Gasteiger partial charge in [0.2, 0.25) is 0 Å². The Hall–Kier alpha value is -2.13. The Labute approximate surface area is 129 Å². The van der Waals surface area contributed by atoms with Gasteiger partial charge in [-0.25, -0.2) is 5.43 Å². The average Bonchev–Trinajstić information content (AvgIpc) is 2.52. The molecule has 0 aliphatic rings. The fraction of sp³-hybridized carbons (Fsp3) is 0.176. The lowest BCUT2D eigenvalue weighted by Gasteiger charge is -2.05. The topological polar surface area (TPSA) is 41.5 Å². The number of hydrogen-bond donors (Lipinski definition) is 1. The lowest BCUT2D eigenvalue weighted by Crippen LogP contribution is -2.19. The summed E-state index contributed by atoms with van der Waals surface area (Å²) in [6.45, 7) is 3.97. The van der Waals surface area contributed by atoms with Crippen LogP contribution in [0.25, 0.3) is 0 Å². The largest absolute Gasteiger partial charge is 0.272 e. The van der Waals surface area contributed by atoms with Crippen molar-refractivity contribution in [2.24, 2.45) is 5.10 Å². The second-order valence-corrected chi connectivity index (χ2v) is 5.08. The van der Waals surface area contributed by atoms with Gasteiger partial charge in [0.1, 0.15) is 0 Å². The molecule has 0 saturated heterocycles. The van der Waals surface area contributed by atoms with E-state index >= 15 is 0 Å². The minimum Gasteiger partial charge on any atom is -0.267 e. The molecule has 108 valence electrons. The van der Waals surface area contributed by atoms with Crippen LogP contribution in [0.3, 0.4) is 0 Å². The van der Waals surface area contributed by atoms with Gasteiger partial charge in [-0.3, -0.25) is 4.79 Å². The van der Waals surface area contributed by atoms with Crippen molar-refractivity contribution in [3.05, 3.63) is 70.2 Å². The predicted molar refractivity (Wildman–Crippen MR) is 86.9 cm³/mol. The van der Waals surface area contributed by atoms with Gasteiger partial charge in [-0.05, 0) is 36.6 Å². The van der Waals surface area contributed by atoms with Gasteiger partial charge in [-0.2, -0.15) is 5.10 Å². The van der Waals surface area contributed by atoms with Crippen molar-refractivity contribution < 1.29 is 4.79 Å². The van der Waals surface area contributed by atoms with E-state index < -0.39 is 0 Å². The molecule has 1 amide bonds. The van der Waals surface area contributed by atoms with Gasteiger partial charge in [0, 0.05) is 0 Å². The van der Waals surface area contributed by atoms with E-state index in [4.69, 9.17) is 11.6 Å². The number of carbonyl (C=O) groups excluding carboxylic acids is 1. The number of halogens is 1. The molecule has 0 aromatic heterocycles. The number of nitrogens with zero attached hydrogens (tertiary/aromatic N) is 1. The summed E-state index contributed by atoms with van der Waals surface area (Å²) in [7, 11) is 0. The quantitative estimate of drug-likeness (QED) is 0.671. The van der Waals surface area contributed by atoms with Crippen molar-refractivity contribution in [3.8, 4) is 0 Å². The summed E-state index contributed by atoms with van der Waals surface area (Å²) in [5.74, 6) is -0.315. The molecule has 21 heavy (non-hydrogen) atoms. The smallest absolute Gasteiger partial charge is 0.267 e. The molecule has 0 atom stereocenters. The summed E-state index contributed by atoms with van der Waals surface area (Å²) in [4.78, 5) is 12.0. The van der Waals surface area contributed by atoms with Crippen molar-refractivity contribution in [2.45, 2.75) is 20.3 Å². The Kier molecular flexibility index (Phi) is 5.12. The first-order valence-electron chi connectivity index (χ1n) is 6.80. The van der Waals surface area contributed by atoms with Gasteiger partial charge in [0.15, 0.2) is 0 Å². The number of aryl methyl sites for hydroxylation is 1. The number of nitrogens with one attached hydrogen (secondary N) is 1. The highest BCUT2D eigenvalue weighted by atomic mass is 35.5. The van der Waals surface area contributed by atoms with Crippen LogP contribution in [0.15, 0.2) is 53.6 Å². The number of rotatable bonds is 4. The van der Waals surface area contributed by atoms with Crippen LogP contribution in [0.4, 0.5) is 0 Å². The van der Waals surface area contributed by atoms with Crippen molar-refractivity contribution in [1.82, 2.24) is 5.43 Å². The first-order valence-corrected chi connectivity index (χ1v) is 7.18. The molecule has 2 aromatic rings. The SMILES string of the molecule is CCc1ccc(/C(C)=N\NC(=O)c2ccccc2Cl)cc1. The molecule has 2 aromatic carbocycles. The summed E-state index contributed by atoms with van der Waals surface area (Å²) in [5, 5.41) is 4.54. The summed E-state index contributed by atoms with van der Waals surface area (Å²) in [5.41, 5.74) is 5.94. The molecular formula is C17H17ClN2O. The van der Waals surface area contributed by atoms with Crippen molar-refractivity contribution in [2.75, 3.05) is 0 Å². The zero-order valence-electron chi connectivity index (χ0n) is 12.1. The van der Waals surface area contributed by atoms with Gasteiger partial charge >= 0.3 is 0 Å². The number of hydrazone groups is 1. The average molecular weight is 301 g/mol. The molecule has 0 fully saturated rings. The molecule has 0 heterocycles. The highest BCUT2D eigenvalue weighted by molar-refractivity contribution is 6.33. The predicted octanol–water partition coefficient (Wildman–Crippen LogP) is 4.06. The lowest BCUT2D eigenvalue weighted by molar-refractivity contribution is 0.0955. The van der Waals surface area contributed by atoms with Gasteiger partial charge < -0.3 is 0 Å². The maximum atomic E-state index is 12.0. The third kappa shape index (κ3) is 3.92. The standard InChI is InChI=1S/C17H17ClN2O/c1-3-13-8-10-14(11-9-13)12(2)19-20-17(21)15-6-4-5-7-16(15)18/h4-11H,3H2,1-2H3,(H,20,21)/b19-12-. The molecule has 4 heteroatoms. The highest BCUT2D eigenvalue weighted by Crippen LogP contribution is 2.14. The summed E-state index contributed by atoms with van der Waals surface area (Å²) in [6.07, 6.45) is 1.000. The van der Waals surface area contributed by atoms with Gasteiger partial charge in [0.05, 0.1) is 16.3 Å². The van der Waals surface area contributed by atoms with Crippen LogP contribution in [-0.2, 0) is 6.42 Å². The van der Waals surface area contributed by atoms with E-state index in [-0.39, 0.29) is 5.91 Å². The van der Waals surface area contributed by atoms with Crippen LogP contribution >= 0.6 is 11.6 Å². The van der Waals surface area contributed by atoms with E-state index in [1.807, 2.05) is 19.1 Å². The Bertz CT molecular complexity index is 663. The molecule has 1 N–H and O–H groups in total. The molecule has 0 radical (unpaired) electrons. The van der Waals surface area contributed by atoms with Crippen LogP contribution in [0, 0.1) is 0 Å². The molecule has 0 aliphatic carbocycles. The van der Waals surface area contributed by atoms with E-state index in [0.29, 0.717) is 10.6 Å². The number of hydrogen-bond acceptors (Lipinski definition) is 2. The van der Waals surface area contributed by atoms with Crippen LogP contribution in [0.5, 0.6) is 0 Å². The molecule has 0 bridgehead atoms. The van der Waals surface area contributed by atoms with Crippen LogP contribution in [0.2, 0.25) is 5.02 Å². The Morgan fingerprint density at radius 3 is 2.43 bits per heavy atom.